The minimum Gasteiger partial charge on any atom is -0.336 e. The van der Waals surface area contributed by atoms with E-state index in [0.717, 1.165) is 12.5 Å². The Bertz CT molecular complexity index is 163. The summed E-state index contributed by atoms with van der Waals surface area (Å²) in [7, 11) is 0. The van der Waals surface area contributed by atoms with Crippen molar-refractivity contribution in [3.05, 3.63) is 0 Å². The summed E-state index contributed by atoms with van der Waals surface area (Å²) in [6, 6.07) is 0.437. The van der Waals surface area contributed by atoms with Gasteiger partial charge in [-0.15, -0.1) is 0 Å². The summed E-state index contributed by atoms with van der Waals surface area (Å²) in [6.45, 7) is 0.837. The lowest BCUT2D eigenvalue weighted by Gasteiger charge is -2.15. The van der Waals surface area contributed by atoms with Gasteiger partial charge in [-0.05, 0) is 18.8 Å². The highest BCUT2D eigenvalue weighted by molar-refractivity contribution is 5.76. The molecule has 1 saturated carbocycles. The van der Waals surface area contributed by atoms with Gasteiger partial charge in [-0.25, -0.2) is 4.79 Å². The molecule has 2 fully saturated rings. The lowest BCUT2D eigenvalue weighted by Crippen LogP contribution is -2.32. The molecule has 2 rings (SSSR count). The molecule has 62 valence electrons. The van der Waals surface area contributed by atoms with Crippen molar-refractivity contribution in [2.75, 3.05) is 6.54 Å². The molecule has 0 aromatic rings. The molecule has 1 heterocycles. The monoisotopic (exact) mass is 154 g/mol. The van der Waals surface area contributed by atoms with Gasteiger partial charge in [-0.1, -0.05) is 12.8 Å². The number of urea groups is 1. The average Bonchev–Trinajstić information content (AvgIpc) is 2.55. The number of carbonyl (C=O) groups is 1. The van der Waals surface area contributed by atoms with E-state index < -0.39 is 0 Å². The third-order valence-corrected chi connectivity index (χ3v) is 2.77. The Kier molecular flexibility index (Phi) is 1.72. The van der Waals surface area contributed by atoms with Crippen molar-refractivity contribution in [1.82, 2.24) is 10.6 Å². The predicted octanol–water partition coefficient (Wildman–Crippen LogP) is 0.858. The highest BCUT2D eigenvalue weighted by Crippen LogP contribution is 2.28. The highest BCUT2D eigenvalue weighted by Gasteiger charge is 2.29. The molecular weight excluding hydrogens is 140 g/mol. The van der Waals surface area contributed by atoms with Crippen LogP contribution in [0.3, 0.4) is 0 Å². The topological polar surface area (TPSA) is 41.1 Å². The fourth-order valence-corrected chi connectivity index (χ4v) is 2.12. The fourth-order valence-electron chi connectivity index (χ4n) is 2.12. The van der Waals surface area contributed by atoms with Gasteiger partial charge >= 0.3 is 6.03 Å². The molecule has 1 aliphatic carbocycles. The second kappa shape index (κ2) is 2.72. The van der Waals surface area contributed by atoms with Crippen LogP contribution in [0.2, 0.25) is 0 Å². The molecule has 0 aromatic heterocycles. The molecule has 0 aromatic carbocycles. The molecule has 1 saturated heterocycles. The largest absolute Gasteiger partial charge is 0.336 e. The quantitative estimate of drug-likeness (QED) is 0.578. The van der Waals surface area contributed by atoms with Crippen LogP contribution < -0.4 is 10.6 Å². The van der Waals surface area contributed by atoms with E-state index in [1.54, 1.807) is 0 Å². The summed E-state index contributed by atoms with van der Waals surface area (Å²) in [4.78, 5) is 10.8. The van der Waals surface area contributed by atoms with Gasteiger partial charge in [0.15, 0.2) is 0 Å². The van der Waals surface area contributed by atoms with Crippen molar-refractivity contribution >= 4 is 6.03 Å². The smallest absolute Gasteiger partial charge is 0.315 e. The van der Waals surface area contributed by atoms with E-state index >= 15 is 0 Å². The Morgan fingerprint density at radius 2 is 2.00 bits per heavy atom. The first kappa shape index (κ1) is 6.95. The van der Waals surface area contributed by atoms with E-state index in [2.05, 4.69) is 10.6 Å². The first-order chi connectivity index (χ1) is 5.36. The van der Waals surface area contributed by atoms with Crippen molar-refractivity contribution in [3.63, 3.8) is 0 Å². The molecule has 1 aliphatic heterocycles. The zero-order valence-corrected chi connectivity index (χ0v) is 6.60. The van der Waals surface area contributed by atoms with Crippen LogP contribution in [-0.2, 0) is 0 Å². The summed E-state index contributed by atoms with van der Waals surface area (Å²) in [5, 5.41) is 5.74. The Morgan fingerprint density at radius 3 is 2.55 bits per heavy atom. The molecule has 11 heavy (non-hydrogen) atoms. The maximum absolute atomic E-state index is 10.8. The van der Waals surface area contributed by atoms with E-state index in [9.17, 15) is 4.79 Å². The number of nitrogens with one attached hydrogen (secondary N) is 2. The van der Waals surface area contributed by atoms with Crippen LogP contribution in [0.25, 0.3) is 0 Å². The number of amides is 2. The highest BCUT2D eigenvalue weighted by atomic mass is 16.2. The maximum atomic E-state index is 10.8. The summed E-state index contributed by atoms with van der Waals surface area (Å²) in [5.41, 5.74) is 0. The summed E-state index contributed by atoms with van der Waals surface area (Å²) < 4.78 is 0. The predicted molar refractivity (Wildman–Crippen MR) is 42.3 cm³/mol. The van der Waals surface area contributed by atoms with Crippen molar-refractivity contribution < 1.29 is 4.79 Å². The Hall–Kier alpha value is -0.730. The van der Waals surface area contributed by atoms with Crippen molar-refractivity contribution in [3.8, 4) is 0 Å². The van der Waals surface area contributed by atoms with Gasteiger partial charge in [0, 0.05) is 6.54 Å². The number of hydrogen-bond acceptors (Lipinski definition) is 1. The zero-order valence-electron chi connectivity index (χ0n) is 6.60. The lowest BCUT2D eigenvalue weighted by atomic mass is 9.99. The molecule has 3 nitrogen and oxygen atoms in total. The zero-order chi connectivity index (χ0) is 7.68. The van der Waals surface area contributed by atoms with Gasteiger partial charge < -0.3 is 10.6 Å². The summed E-state index contributed by atoms with van der Waals surface area (Å²) >= 11 is 0. The molecule has 2 amide bonds. The molecule has 1 atom stereocenters. The molecule has 2 N–H and O–H groups in total. The Labute approximate surface area is 66.5 Å². The molecule has 0 radical (unpaired) electrons. The molecule has 0 bridgehead atoms. The number of rotatable bonds is 1. The number of hydrogen-bond donors (Lipinski definition) is 2. The van der Waals surface area contributed by atoms with Crippen molar-refractivity contribution in [1.29, 1.82) is 0 Å². The molecular formula is C8H14N2O. The maximum Gasteiger partial charge on any atom is 0.315 e. The Balaban J connectivity index is 1.90. The second-order valence-electron chi connectivity index (χ2n) is 3.51. The van der Waals surface area contributed by atoms with E-state index in [4.69, 9.17) is 0 Å². The first-order valence-corrected chi connectivity index (χ1v) is 4.40. The third kappa shape index (κ3) is 1.32. The SMILES string of the molecule is O=C1NCC(C2CCCC2)N1. The first-order valence-electron chi connectivity index (χ1n) is 4.40. The second-order valence-corrected chi connectivity index (χ2v) is 3.51. The van der Waals surface area contributed by atoms with Crippen LogP contribution in [-0.4, -0.2) is 18.6 Å². The van der Waals surface area contributed by atoms with Crippen molar-refractivity contribution in [2.24, 2.45) is 5.92 Å². The Morgan fingerprint density at radius 1 is 1.27 bits per heavy atom. The average molecular weight is 154 g/mol. The normalized spacial score (nSPS) is 32.0. The van der Waals surface area contributed by atoms with E-state index in [1.807, 2.05) is 0 Å². The minimum atomic E-state index is 0.0156. The van der Waals surface area contributed by atoms with Crippen LogP contribution in [0, 0.1) is 5.92 Å². The van der Waals surface area contributed by atoms with Crippen LogP contribution in [0.5, 0.6) is 0 Å². The van der Waals surface area contributed by atoms with E-state index in [-0.39, 0.29) is 6.03 Å². The lowest BCUT2D eigenvalue weighted by molar-refractivity contribution is 0.246. The van der Waals surface area contributed by atoms with Gasteiger partial charge in [-0.2, -0.15) is 0 Å². The van der Waals surface area contributed by atoms with Crippen LogP contribution in [0.1, 0.15) is 25.7 Å². The number of carbonyl (C=O) groups excluding carboxylic acids is 1. The summed E-state index contributed by atoms with van der Waals surface area (Å²) in [5.74, 6) is 0.744. The van der Waals surface area contributed by atoms with Gasteiger partial charge in [0.05, 0.1) is 6.04 Å². The molecule has 3 heteroatoms. The third-order valence-electron chi connectivity index (χ3n) is 2.77. The molecule has 2 aliphatic rings. The van der Waals surface area contributed by atoms with E-state index in [0.29, 0.717) is 6.04 Å². The van der Waals surface area contributed by atoms with Gasteiger partial charge in [0.2, 0.25) is 0 Å². The van der Waals surface area contributed by atoms with Crippen LogP contribution >= 0.6 is 0 Å². The van der Waals surface area contributed by atoms with Crippen LogP contribution in [0.4, 0.5) is 4.79 Å². The fraction of sp³-hybridized carbons (Fsp3) is 0.875. The van der Waals surface area contributed by atoms with E-state index in [1.165, 1.54) is 25.7 Å². The standard InChI is InChI=1S/C8H14N2O/c11-8-9-5-7(10-8)6-3-1-2-4-6/h6-7H,1-5H2,(H2,9,10,11). The van der Waals surface area contributed by atoms with Crippen LogP contribution in [0.15, 0.2) is 0 Å². The van der Waals surface area contributed by atoms with Gasteiger partial charge in [0.25, 0.3) is 0 Å². The molecule has 0 spiro atoms. The minimum absolute atomic E-state index is 0.0156. The van der Waals surface area contributed by atoms with Gasteiger partial charge in [0.1, 0.15) is 0 Å². The van der Waals surface area contributed by atoms with Crippen molar-refractivity contribution in [2.45, 2.75) is 31.7 Å². The molecule has 1 unspecified atom stereocenters. The summed E-state index contributed by atoms with van der Waals surface area (Å²) in [6.07, 6.45) is 5.29. The van der Waals surface area contributed by atoms with Gasteiger partial charge in [-0.3, -0.25) is 0 Å².